The number of nitro groups is 1. The van der Waals surface area contributed by atoms with E-state index in [4.69, 9.17) is 14.2 Å². The number of amides is 2. The van der Waals surface area contributed by atoms with Crippen molar-refractivity contribution in [3.05, 3.63) is 75.8 Å². The molecule has 11 heteroatoms. The fourth-order valence-corrected chi connectivity index (χ4v) is 3.87. The lowest BCUT2D eigenvalue weighted by Crippen LogP contribution is -2.46. The van der Waals surface area contributed by atoms with Crippen molar-refractivity contribution >= 4 is 23.7 Å². The highest BCUT2D eigenvalue weighted by Crippen LogP contribution is 2.16. The molecule has 2 aromatic carbocycles. The quantitative estimate of drug-likeness (QED) is 0.275. The first-order valence-electron chi connectivity index (χ1n) is 12.1. The summed E-state index contributed by atoms with van der Waals surface area (Å²) in [6, 6.07) is 14.2. The molecular weight excluding hydrogens is 482 g/mol. The van der Waals surface area contributed by atoms with Gasteiger partial charge in [-0.25, -0.2) is 9.59 Å². The summed E-state index contributed by atoms with van der Waals surface area (Å²) >= 11 is 0. The van der Waals surface area contributed by atoms with Crippen molar-refractivity contribution in [3.63, 3.8) is 0 Å². The van der Waals surface area contributed by atoms with E-state index in [1.165, 1.54) is 24.3 Å². The van der Waals surface area contributed by atoms with Crippen LogP contribution in [0.4, 0.5) is 10.5 Å². The molecule has 1 atom stereocenters. The fourth-order valence-electron chi connectivity index (χ4n) is 3.87. The molecule has 0 aromatic heterocycles. The Morgan fingerprint density at radius 2 is 1.70 bits per heavy atom. The maximum atomic E-state index is 12.5. The van der Waals surface area contributed by atoms with Crippen LogP contribution in [0.5, 0.6) is 0 Å². The summed E-state index contributed by atoms with van der Waals surface area (Å²) in [5, 5.41) is 13.5. The Morgan fingerprint density at radius 1 is 1.03 bits per heavy atom. The SMILES string of the molecule is CCOC(=O)[C@H](Cc1ccc([N+](=O)[O-])cc1)NC(=O)COC1CCN(C(=O)OCc2ccccc2)CC1. The van der Waals surface area contributed by atoms with E-state index < -0.39 is 22.8 Å². The number of ether oxygens (including phenoxy) is 3. The van der Waals surface area contributed by atoms with Gasteiger partial charge in [0.15, 0.2) is 0 Å². The van der Waals surface area contributed by atoms with Crippen molar-refractivity contribution in [1.82, 2.24) is 10.2 Å². The second-order valence-corrected chi connectivity index (χ2v) is 8.54. The van der Waals surface area contributed by atoms with Gasteiger partial charge < -0.3 is 24.4 Å². The number of hydrogen-bond donors (Lipinski definition) is 1. The molecule has 198 valence electrons. The Balaban J connectivity index is 1.42. The Morgan fingerprint density at radius 3 is 2.32 bits per heavy atom. The molecule has 0 unspecified atom stereocenters. The van der Waals surface area contributed by atoms with Crippen LogP contribution < -0.4 is 5.32 Å². The van der Waals surface area contributed by atoms with E-state index in [0.29, 0.717) is 31.5 Å². The minimum atomic E-state index is -0.960. The third-order valence-electron chi connectivity index (χ3n) is 5.85. The van der Waals surface area contributed by atoms with Gasteiger partial charge in [-0.3, -0.25) is 14.9 Å². The molecule has 3 rings (SSSR count). The Bertz CT molecular complexity index is 1050. The smallest absolute Gasteiger partial charge is 0.410 e. The van der Waals surface area contributed by atoms with Crippen LogP contribution in [-0.4, -0.2) is 66.2 Å². The molecule has 1 saturated heterocycles. The van der Waals surface area contributed by atoms with Crippen LogP contribution in [0.15, 0.2) is 54.6 Å². The number of nitrogens with one attached hydrogen (secondary N) is 1. The number of rotatable bonds is 11. The number of carbonyl (C=O) groups is 3. The first-order valence-corrected chi connectivity index (χ1v) is 12.1. The van der Waals surface area contributed by atoms with Crippen LogP contribution in [0.25, 0.3) is 0 Å². The van der Waals surface area contributed by atoms with Crippen molar-refractivity contribution in [2.24, 2.45) is 0 Å². The summed E-state index contributed by atoms with van der Waals surface area (Å²) in [6.45, 7) is 2.66. The minimum absolute atomic E-state index is 0.0654. The van der Waals surface area contributed by atoms with E-state index in [-0.39, 0.29) is 44.1 Å². The average molecular weight is 514 g/mol. The summed E-state index contributed by atoms with van der Waals surface area (Å²) in [7, 11) is 0. The maximum Gasteiger partial charge on any atom is 0.410 e. The topological polar surface area (TPSA) is 137 Å². The molecule has 1 heterocycles. The fraction of sp³-hybridized carbons (Fsp3) is 0.423. The highest BCUT2D eigenvalue weighted by molar-refractivity contribution is 5.85. The van der Waals surface area contributed by atoms with E-state index >= 15 is 0 Å². The van der Waals surface area contributed by atoms with Gasteiger partial charge in [0.05, 0.1) is 17.6 Å². The molecule has 1 aliphatic rings. The van der Waals surface area contributed by atoms with Crippen molar-refractivity contribution < 1.29 is 33.5 Å². The zero-order valence-electron chi connectivity index (χ0n) is 20.7. The van der Waals surface area contributed by atoms with Crippen molar-refractivity contribution in [2.45, 2.75) is 44.9 Å². The number of carbonyl (C=O) groups excluding carboxylic acids is 3. The Kier molecular flexibility index (Phi) is 10.4. The summed E-state index contributed by atoms with van der Waals surface area (Å²) in [5.74, 6) is -1.08. The van der Waals surface area contributed by atoms with Crippen LogP contribution in [-0.2, 0) is 36.8 Å². The second kappa shape index (κ2) is 13.9. The van der Waals surface area contributed by atoms with Gasteiger partial charge in [0.25, 0.3) is 5.69 Å². The third-order valence-corrected chi connectivity index (χ3v) is 5.85. The van der Waals surface area contributed by atoms with Gasteiger partial charge in [0.2, 0.25) is 5.91 Å². The third kappa shape index (κ3) is 8.87. The Hall–Kier alpha value is -3.99. The molecule has 0 radical (unpaired) electrons. The second-order valence-electron chi connectivity index (χ2n) is 8.54. The monoisotopic (exact) mass is 513 g/mol. The van der Waals surface area contributed by atoms with Crippen molar-refractivity contribution in [2.75, 3.05) is 26.3 Å². The van der Waals surface area contributed by atoms with Gasteiger partial charge in [-0.2, -0.15) is 0 Å². The van der Waals surface area contributed by atoms with Crippen LogP contribution in [0.1, 0.15) is 30.9 Å². The zero-order valence-corrected chi connectivity index (χ0v) is 20.7. The first kappa shape index (κ1) is 27.6. The largest absolute Gasteiger partial charge is 0.464 e. The maximum absolute atomic E-state index is 12.5. The van der Waals surface area contributed by atoms with Gasteiger partial charge in [-0.1, -0.05) is 42.5 Å². The van der Waals surface area contributed by atoms with E-state index in [1.807, 2.05) is 30.3 Å². The van der Waals surface area contributed by atoms with Gasteiger partial charge in [0.1, 0.15) is 19.3 Å². The number of non-ortho nitro benzene ring substituents is 1. The minimum Gasteiger partial charge on any atom is -0.464 e. The van der Waals surface area contributed by atoms with Crippen LogP contribution in [0, 0.1) is 10.1 Å². The molecule has 0 spiro atoms. The number of nitrogens with zero attached hydrogens (tertiary/aromatic N) is 2. The normalized spacial score (nSPS) is 14.5. The van der Waals surface area contributed by atoms with Crippen LogP contribution in [0.3, 0.4) is 0 Å². The molecular formula is C26H31N3O8. The summed E-state index contributed by atoms with van der Waals surface area (Å²) in [6.07, 6.45) is 0.630. The molecule has 1 aliphatic heterocycles. The lowest BCUT2D eigenvalue weighted by Gasteiger charge is -2.31. The molecule has 2 amide bonds. The standard InChI is InChI=1S/C26H31N3O8/c1-2-35-25(31)23(16-19-8-10-21(11-9-19)29(33)34)27-24(30)18-36-22-12-14-28(15-13-22)26(32)37-17-20-6-4-3-5-7-20/h3-11,22-23H,2,12-18H2,1H3,(H,27,30)/t23-/m0/s1. The molecule has 0 aliphatic carbocycles. The average Bonchev–Trinajstić information content (AvgIpc) is 2.91. The molecule has 0 saturated carbocycles. The van der Waals surface area contributed by atoms with Crippen LogP contribution in [0.2, 0.25) is 0 Å². The highest BCUT2D eigenvalue weighted by atomic mass is 16.6. The molecule has 2 aromatic rings. The number of hydrogen-bond acceptors (Lipinski definition) is 8. The molecule has 1 fully saturated rings. The van der Waals surface area contributed by atoms with E-state index in [1.54, 1.807) is 11.8 Å². The number of nitro benzene ring substituents is 1. The zero-order chi connectivity index (χ0) is 26.6. The number of piperidine rings is 1. The lowest BCUT2D eigenvalue weighted by atomic mass is 10.1. The molecule has 11 nitrogen and oxygen atoms in total. The lowest BCUT2D eigenvalue weighted by molar-refractivity contribution is -0.384. The van der Waals surface area contributed by atoms with Crippen LogP contribution >= 0.6 is 0 Å². The molecule has 1 N–H and O–H groups in total. The predicted octanol–water partition coefficient (Wildman–Crippen LogP) is 3.00. The molecule has 37 heavy (non-hydrogen) atoms. The number of likely N-dealkylation sites (tertiary alicyclic amines) is 1. The van der Waals surface area contributed by atoms with Crippen molar-refractivity contribution in [3.8, 4) is 0 Å². The van der Waals surface area contributed by atoms with E-state index in [2.05, 4.69) is 5.32 Å². The van der Waals surface area contributed by atoms with Crippen molar-refractivity contribution in [1.29, 1.82) is 0 Å². The predicted molar refractivity (Wildman–Crippen MR) is 133 cm³/mol. The summed E-state index contributed by atoms with van der Waals surface area (Å²) in [4.78, 5) is 49.1. The molecule has 0 bridgehead atoms. The van der Waals surface area contributed by atoms with E-state index in [9.17, 15) is 24.5 Å². The Labute approximate surface area is 214 Å². The first-order chi connectivity index (χ1) is 17.9. The van der Waals surface area contributed by atoms with Gasteiger partial charge >= 0.3 is 12.1 Å². The highest BCUT2D eigenvalue weighted by Gasteiger charge is 2.26. The summed E-state index contributed by atoms with van der Waals surface area (Å²) in [5.41, 5.74) is 1.48. The number of esters is 1. The van der Waals surface area contributed by atoms with Gasteiger partial charge in [-0.15, -0.1) is 0 Å². The summed E-state index contributed by atoms with van der Waals surface area (Å²) < 4.78 is 16.1. The van der Waals surface area contributed by atoms with E-state index in [0.717, 1.165) is 5.56 Å². The van der Waals surface area contributed by atoms with Gasteiger partial charge in [0, 0.05) is 31.6 Å². The van der Waals surface area contributed by atoms with Gasteiger partial charge in [-0.05, 0) is 30.9 Å². The number of benzene rings is 2.